The van der Waals surface area contributed by atoms with Crippen molar-refractivity contribution in [1.29, 1.82) is 0 Å². The lowest BCUT2D eigenvalue weighted by atomic mass is 10.1. The molecule has 0 bridgehead atoms. The molecule has 0 saturated carbocycles. The minimum Gasteiger partial charge on any atom is -0.350 e. The van der Waals surface area contributed by atoms with E-state index in [0.717, 1.165) is 5.56 Å². The highest BCUT2D eigenvalue weighted by Gasteiger charge is 2.17. The molecule has 5 nitrogen and oxygen atoms in total. The van der Waals surface area contributed by atoms with Crippen LogP contribution in [0.2, 0.25) is 10.0 Å². The summed E-state index contributed by atoms with van der Waals surface area (Å²) in [7, 11) is -3.75. The summed E-state index contributed by atoms with van der Waals surface area (Å²) in [6, 6.07) is 13.1. The summed E-state index contributed by atoms with van der Waals surface area (Å²) in [4.78, 5) is 12.0. The molecule has 0 heterocycles. The molecule has 134 valence electrons. The van der Waals surface area contributed by atoms with Gasteiger partial charge in [0.05, 0.1) is 11.1 Å². The first-order valence-corrected chi connectivity index (χ1v) is 9.82. The number of rotatable bonds is 7. The van der Waals surface area contributed by atoms with Gasteiger partial charge in [-0.2, -0.15) is 0 Å². The van der Waals surface area contributed by atoms with Crippen LogP contribution >= 0.6 is 23.2 Å². The van der Waals surface area contributed by atoms with Gasteiger partial charge < -0.3 is 5.32 Å². The lowest BCUT2D eigenvalue weighted by Crippen LogP contribution is -2.32. The monoisotopic (exact) mass is 400 g/mol. The average molecular weight is 401 g/mol. The molecule has 0 radical (unpaired) electrons. The van der Waals surface area contributed by atoms with Crippen LogP contribution in [0.1, 0.15) is 24.9 Å². The fourth-order valence-electron chi connectivity index (χ4n) is 2.21. The Kier molecular flexibility index (Phi) is 6.84. The second-order valence-corrected chi connectivity index (χ2v) is 8.00. The summed E-state index contributed by atoms with van der Waals surface area (Å²) >= 11 is 11.8. The summed E-state index contributed by atoms with van der Waals surface area (Å²) in [6.07, 6.45) is 0.00852. The molecule has 1 atom stereocenters. The smallest absolute Gasteiger partial charge is 0.242 e. The predicted octanol–water partition coefficient (Wildman–Crippen LogP) is 3.54. The zero-order chi connectivity index (χ0) is 18.4. The number of halogens is 2. The Morgan fingerprint density at radius 3 is 2.52 bits per heavy atom. The number of nitrogens with one attached hydrogen (secondary N) is 2. The minimum absolute atomic E-state index is 0.00852. The molecule has 1 unspecified atom stereocenters. The zero-order valence-electron chi connectivity index (χ0n) is 13.5. The largest absolute Gasteiger partial charge is 0.350 e. The number of carbonyl (C=O) groups excluding carboxylic acids is 1. The maximum atomic E-state index is 12.2. The molecular weight excluding hydrogens is 383 g/mol. The van der Waals surface area contributed by atoms with Crippen molar-refractivity contribution in [1.82, 2.24) is 10.0 Å². The Balaban J connectivity index is 1.87. The van der Waals surface area contributed by atoms with Crippen molar-refractivity contribution in [3.05, 3.63) is 64.1 Å². The summed E-state index contributed by atoms with van der Waals surface area (Å²) in [5.41, 5.74) is 0.873. The second-order valence-electron chi connectivity index (χ2n) is 5.42. The normalized spacial score (nSPS) is 12.6. The van der Waals surface area contributed by atoms with Crippen molar-refractivity contribution in [2.45, 2.75) is 24.3 Å². The van der Waals surface area contributed by atoms with E-state index in [2.05, 4.69) is 10.0 Å². The number of amides is 1. The number of sulfonamides is 1. The van der Waals surface area contributed by atoms with Gasteiger partial charge in [-0.3, -0.25) is 4.79 Å². The SMILES string of the molecule is CC(NC(=O)CCNS(=O)(=O)c1ccccc1Cl)c1cccc(Cl)c1. The third-order valence-corrected chi connectivity index (χ3v) is 5.69. The van der Waals surface area contributed by atoms with Gasteiger partial charge >= 0.3 is 0 Å². The summed E-state index contributed by atoms with van der Waals surface area (Å²) < 4.78 is 26.7. The van der Waals surface area contributed by atoms with Crippen LogP contribution in [0.3, 0.4) is 0 Å². The quantitative estimate of drug-likeness (QED) is 0.745. The van der Waals surface area contributed by atoms with Crippen LogP contribution in [0.15, 0.2) is 53.4 Å². The molecule has 0 saturated heterocycles. The number of hydrogen-bond donors (Lipinski definition) is 2. The van der Waals surface area contributed by atoms with Crippen LogP contribution in [0.5, 0.6) is 0 Å². The molecule has 0 aliphatic heterocycles. The van der Waals surface area contributed by atoms with Crippen molar-refractivity contribution in [2.24, 2.45) is 0 Å². The van der Waals surface area contributed by atoms with E-state index in [0.29, 0.717) is 5.02 Å². The molecule has 1 amide bonds. The van der Waals surface area contributed by atoms with E-state index in [1.165, 1.54) is 12.1 Å². The number of hydrogen-bond acceptors (Lipinski definition) is 3. The fraction of sp³-hybridized carbons (Fsp3) is 0.235. The predicted molar refractivity (Wildman–Crippen MR) is 99.3 cm³/mol. The van der Waals surface area contributed by atoms with E-state index in [4.69, 9.17) is 23.2 Å². The van der Waals surface area contributed by atoms with Crippen molar-refractivity contribution in [3.63, 3.8) is 0 Å². The van der Waals surface area contributed by atoms with Gasteiger partial charge in [-0.25, -0.2) is 13.1 Å². The molecule has 2 aromatic carbocycles. The highest BCUT2D eigenvalue weighted by molar-refractivity contribution is 7.89. The number of benzene rings is 2. The van der Waals surface area contributed by atoms with Crippen LogP contribution in [0.4, 0.5) is 0 Å². The Morgan fingerprint density at radius 1 is 1.12 bits per heavy atom. The Labute approximate surface area is 157 Å². The van der Waals surface area contributed by atoms with Crippen LogP contribution in [0, 0.1) is 0 Å². The molecule has 0 aliphatic rings. The van der Waals surface area contributed by atoms with Gasteiger partial charge in [0.15, 0.2) is 0 Å². The Hall–Kier alpha value is -1.60. The molecule has 0 aliphatic carbocycles. The maximum Gasteiger partial charge on any atom is 0.242 e. The molecule has 25 heavy (non-hydrogen) atoms. The molecule has 2 aromatic rings. The number of carbonyl (C=O) groups is 1. The van der Waals surface area contributed by atoms with Gasteiger partial charge in [0.25, 0.3) is 0 Å². The van der Waals surface area contributed by atoms with Gasteiger partial charge in [-0.05, 0) is 36.8 Å². The molecule has 2 rings (SSSR count). The van der Waals surface area contributed by atoms with Crippen molar-refractivity contribution in [2.75, 3.05) is 6.54 Å². The van der Waals surface area contributed by atoms with Crippen LogP contribution in [0.25, 0.3) is 0 Å². The third kappa shape index (κ3) is 5.71. The topological polar surface area (TPSA) is 75.3 Å². The molecule has 0 spiro atoms. The molecule has 2 N–H and O–H groups in total. The van der Waals surface area contributed by atoms with Crippen molar-refractivity contribution < 1.29 is 13.2 Å². The van der Waals surface area contributed by atoms with Crippen LogP contribution in [-0.4, -0.2) is 20.9 Å². The van der Waals surface area contributed by atoms with E-state index >= 15 is 0 Å². The van der Waals surface area contributed by atoms with Gasteiger partial charge in [-0.1, -0.05) is 47.5 Å². The summed E-state index contributed by atoms with van der Waals surface area (Å²) in [5.74, 6) is -0.269. The van der Waals surface area contributed by atoms with E-state index < -0.39 is 10.0 Å². The van der Waals surface area contributed by atoms with Crippen LogP contribution in [-0.2, 0) is 14.8 Å². The molecule has 0 fully saturated rings. The lowest BCUT2D eigenvalue weighted by molar-refractivity contribution is -0.121. The fourth-order valence-corrected chi connectivity index (χ4v) is 3.96. The van der Waals surface area contributed by atoms with Crippen molar-refractivity contribution >= 4 is 39.1 Å². The highest BCUT2D eigenvalue weighted by Crippen LogP contribution is 2.20. The molecule has 8 heteroatoms. The van der Waals surface area contributed by atoms with Gasteiger partial charge in [0.2, 0.25) is 15.9 Å². The zero-order valence-corrected chi connectivity index (χ0v) is 15.8. The molecular formula is C17H18Cl2N2O3S. The summed E-state index contributed by atoms with van der Waals surface area (Å²) in [6.45, 7) is 1.80. The highest BCUT2D eigenvalue weighted by atomic mass is 35.5. The van der Waals surface area contributed by atoms with Crippen LogP contribution < -0.4 is 10.0 Å². The van der Waals surface area contributed by atoms with E-state index in [9.17, 15) is 13.2 Å². The second kappa shape index (κ2) is 8.67. The molecule has 0 aromatic heterocycles. The first kappa shape index (κ1) is 19.7. The van der Waals surface area contributed by atoms with E-state index in [-0.39, 0.29) is 34.8 Å². The third-order valence-electron chi connectivity index (χ3n) is 3.50. The maximum absolute atomic E-state index is 12.2. The summed E-state index contributed by atoms with van der Waals surface area (Å²) in [5, 5.41) is 3.52. The minimum atomic E-state index is -3.75. The standard InChI is InChI=1S/C17H18Cl2N2O3S/c1-12(13-5-4-6-14(18)11-13)21-17(22)9-10-20-25(23,24)16-8-3-2-7-15(16)19/h2-8,11-12,20H,9-10H2,1H3,(H,21,22). The Bertz CT molecular complexity index is 856. The van der Waals surface area contributed by atoms with E-state index in [1.54, 1.807) is 30.3 Å². The Morgan fingerprint density at radius 2 is 1.84 bits per heavy atom. The first-order valence-electron chi connectivity index (χ1n) is 7.58. The first-order chi connectivity index (χ1) is 11.8. The van der Waals surface area contributed by atoms with Gasteiger partial charge in [0.1, 0.15) is 4.90 Å². The van der Waals surface area contributed by atoms with E-state index in [1.807, 2.05) is 13.0 Å². The van der Waals surface area contributed by atoms with Gasteiger partial charge in [0, 0.05) is 18.0 Å². The average Bonchev–Trinajstić information content (AvgIpc) is 2.54. The van der Waals surface area contributed by atoms with Gasteiger partial charge in [-0.15, -0.1) is 0 Å². The lowest BCUT2D eigenvalue weighted by Gasteiger charge is -2.15. The van der Waals surface area contributed by atoms with Crippen molar-refractivity contribution in [3.8, 4) is 0 Å².